The van der Waals surface area contributed by atoms with Crippen LogP contribution in [0.3, 0.4) is 0 Å². The molecule has 0 aromatic heterocycles. The fourth-order valence-corrected chi connectivity index (χ4v) is 5.19. The molecule has 0 radical (unpaired) electrons. The first-order chi connectivity index (χ1) is 10.7. The molecular weight excluding hydrogens is 294 g/mol. The first-order valence-electron chi connectivity index (χ1n) is 9.03. The quantitative estimate of drug-likeness (QED) is 0.790. The van der Waals surface area contributed by atoms with Crippen molar-refractivity contribution in [1.82, 2.24) is 14.7 Å². The number of carbonyl (C=O) groups is 1. The van der Waals surface area contributed by atoms with E-state index >= 15 is 0 Å². The van der Waals surface area contributed by atoms with Gasteiger partial charge in [0.15, 0.2) is 0 Å². The second-order valence-corrected chi connectivity index (χ2v) is 8.37. The van der Waals surface area contributed by atoms with Gasteiger partial charge in [-0.05, 0) is 64.5 Å². The third-order valence-electron chi connectivity index (χ3n) is 5.36. The summed E-state index contributed by atoms with van der Waals surface area (Å²) in [5, 5.41) is 0. The van der Waals surface area contributed by atoms with Gasteiger partial charge in [-0.15, -0.1) is 0 Å². The molecule has 0 aromatic carbocycles. The van der Waals surface area contributed by atoms with Crippen LogP contribution < -0.4 is 0 Å². The van der Waals surface area contributed by atoms with Crippen LogP contribution in [0.4, 0.5) is 0 Å². The van der Waals surface area contributed by atoms with E-state index < -0.39 is 0 Å². The summed E-state index contributed by atoms with van der Waals surface area (Å²) in [6, 6.07) is 0.435. The Hall–Kier alpha value is -0.260. The standard InChI is InChI=1S/C17H31N3OS/c1-18-7-4-6-15(12-18)17(21)20-10-5-11-22-14-16(20)13-19-8-2-3-9-19/h15-16H,2-14H2,1H3. The van der Waals surface area contributed by atoms with Crippen molar-refractivity contribution >= 4 is 17.7 Å². The maximum absolute atomic E-state index is 13.1. The summed E-state index contributed by atoms with van der Waals surface area (Å²) in [7, 11) is 2.15. The normalized spacial score (nSPS) is 32.1. The minimum absolute atomic E-state index is 0.239. The van der Waals surface area contributed by atoms with E-state index in [0.717, 1.165) is 44.8 Å². The molecule has 0 saturated carbocycles. The van der Waals surface area contributed by atoms with E-state index in [1.807, 2.05) is 11.8 Å². The summed E-state index contributed by atoms with van der Waals surface area (Å²) in [5.41, 5.74) is 0. The fourth-order valence-electron chi connectivity index (χ4n) is 4.14. The molecule has 0 bridgehead atoms. The Kier molecular flexibility index (Phi) is 6.05. The van der Waals surface area contributed by atoms with Gasteiger partial charge in [0.25, 0.3) is 0 Å². The summed E-state index contributed by atoms with van der Waals surface area (Å²) < 4.78 is 0. The van der Waals surface area contributed by atoms with Crippen molar-refractivity contribution in [1.29, 1.82) is 0 Å². The number of nitrogens with zero attached hydrogens (tertiary/aromatic N) is 3. The molecule has 0 aromatic rings. The predicted octanol–water partition coefficient (Wildman–Crippen LogP) is 1.76. The minimum Gasteiger partial charge on any atom is -0.337 e. The molecule has 126 valence electrons. The lowest BCUT2D eigenvalue weighted by Gasteiger charge is -2.37. The Balaban J connectivity index is 1.64. The summed E-state index contributed by atoms with van der Waals surface area (Å²) in [4.78, 5) is 20.3. The highest BCUT2D eigenvalue weighted by Crippen LogP contribution is 2.24. The van der Waals surface area contributed by atoms with Crippen LogP contribution in [0.5, 0.6) is 0 Å². The molecular formula is C17H31N3OS. The molecule has 3 heterocycles. The molecule has 2 unspecified atom stereocenters. The molecule has 3 aliphatic rings. The second kappa shape index (κ2) is 8.02. The zero-order valence-electron chi connectivity index (χ0n) is 14.0. The van der Waals surface area contributed by atoms with Gasteiger partial charge in [0.2, 0.25) is 5.91 Å². The molecule has 3 saturated heterocycles. The van der Waals surface area contributed by atoms with E-state index in [2.05, 4.69) is 21.7 Å². The summed E-state index contributed by atoms with van der Waals surface area (Å²) in [5.74, 6) is 3.02. The van der Waals surface area contributed by atoms with Crippen LogP contribution in [-0.4, -0.2) is 84.5 Å². The smallest absolute Gasteiger partial charge is 0.227 e. The first kappa shape index (κ1) is 16.6. The minimum atomic E-state index is 0.239. The van der Waals surface area contributed by atoms with Gasteiger partial charge in [-0.1, -0.05) is 0 Å². The number of hydrogen-bond acceptors (Lipinski definition) is 4. The average Bonchev–Trinajstić information content (AvgIpc) is 2.92. The SMILES string of the molecule is CN1CCCC(C(=O)N2CCCSCC2CN2CCCC2)C1. The van der Waals surface area contributed by atoms with Crippen molar-refractivity contribution in [3.8, 4) is 0 Å². The Bertz CT molecular complexity index is 373. The Labute approximate surface area is 139 Å². The maximum Gasteiger partial charge on any atom is 0.227 e. The van der Waals surface area contributed by atoms with Crippen LogP contribution in [0.15, 0.2) is 0 Å². The number of likely N-dealkylation sites (tertiary alicyclic amines) is 2. The van der Waals surface area contributed by atoms with E-state index in [1.54, 1.807) is 0 Å². The van der Waals surface area contributed by atoms with Gasteiger partial charge in [-0.25, -0.2) is 0 Å². The number of thioether (sulfide) groups is 1. The highest BCUT2D eigenvalue weighted by Gasteiger charge is 2.33. The highest BCUT2D eigenvalue weighted by atomic mass is 32.2. The Morgan fingerprint density at radius 3 is 2.68 bits per heavy atom. The molecule has 22 heavy (non-hydrogen) atoms. The Morgan fingerprint density at radius 2 is 1.91 bits per heavy atom. The van der Waals surface area contributed by atoms with Gasteiger partial charge < -0.3 is 14.7 Å². The molecule has 0 aliphatic carbocycles. The summed E-state index contributed by atoms with van der Waals surface area (Å²) in [6.07, 6.45) is 6.09. The lowest BCUT2D eigenvalue weighted by atomic mass is 9.96. The topological polar surface area (TPSA) is 26.8 Å². The molecule has 0 N–H and O–H groups in total. The number of piperidine rings is 1. The van der Waals surface area contributed by atoms with Crippen LogP contribution in [-0.2, 0) is 4.79 Å². The van der Waals surface area contributed by atoms with Crippen LogP contribution >= 0.6 is 11.8 Å². The van der Waals surface area contributed by atoms with Gasteiger partial charge in [0.1, 0.15) is 0 Å². The number of rotatable bonds is 3. The Morgan fingerprint density at radius 1 is 1.09 bits per heavy atom. The van der Waals surface area contributed by atoms with E-state index in [1.165, 1.54) is 38.1 Å². The van der Waals surface area contributed by atoms with Gasteiger partial charge in [-0.3, -0.25) is 4.79 Å². The monoisotopic (exact) mass is 325 g/mol. The number of hydrogen-bond donors (Lipinski definition) is 0. The summed E-state index contributed by atoms with van der Waals surface area (Å²) in [6.45, 7) is 6.65. The van der Waals surface area contributed by atoms with Crippen LogP contribution in [0.25, 0.3) is 0 Å². The molecule has 0 spiro atoms. The molecule has 4 nitrogen and oxygen atoms in total. The second-order valence-electron chi connectivity index (χ2n) is 7.22. The van der Waals surface area contributed by atoms with Crippen molar-refractivity contribution in [3.63, 3.8) is 0 Å². The largest absolute Gasteiger partial charge is 0.337 e. The van der Waals surface area contributed by atoms with Gasteiger partial charge >= 0.3 is 0 Å². The van der Waals surface area contributed by atoms with Crippen molar-refractivity contribution in [2.45, 2.75) is 38.1 Å². The first-order valence-corrected chi connectivity index (χ1v) is 10.2. The van der Waals surface area contributed by atoms with Crippen molar-refractivity contribution in [3.05, 3.63) is 0 Å². The van der Waals surface area contributed by atoms with Crippen molar-refractivity contribution in [2.75, 3.05) is 57.8 Å². The van der Waals surface area contributed by atoms with Crippen LogP contribution in [0.2, 0.25) is 0 Å². The molecule has 5 heteroatoms. The third kappa shape index (κ3) is 4.18. The van der Waals surface area contributed by atoms with E-state index in [-0.39, 0.29) is 5.92 Å². The van der Waals surface area contributed by atoms with Crippen LogP contribution in [0.1, 0.15) is 32.1 Å². The third-order valence-corrected chi connectivity index (χ3v) is 6.56. The molecule has 1 amide bonds. The van der Waals surface area contributed by atoms with Gasteiger partial charge in [-0.2, -0.15) is 11.8 Å². The number of carbonyl (C=O) groups excluding carboxylic acids is 1. The number of amides is 1. The predicted molar refractivity (Wildman–Crippen MR) is 93.3 cm³/mol. The van der Waals surface area contributed by atoms with Crippen LogP contribution in [0, 0.1) is 5.92 Å². The molecule has 3 rings (SSSR count). The van der Waals surface area contributed by atoms with Gasteiger partial charge in [0, 0.05) is 25.4 Å². The molecule has 3 fully saturated rings. The summed E-state index contributed by atoms with van der Waals surface area (Å²) >= 11 is 2.04. The lowest BCUT2D eigenvalue weighted by molar-refractivity contribution is -0.139. The van der Waals surface area contributed by atoms with E-state index in [0.29, 0.717) is 11.9 Å². The van der Waals surface area contributed by atoms with Crippen molar-refractivity contribution in [2.24, 2.45) is 5.92 Å². The molecule has 3 aliphatic heterocycles. The highest BCUT2D eigenvalue weighted by molar-refractivity contribution is 7.99. The van der Waals surface area contributed by atoms with Crippen molar-refractivity contribution < 1.29 is 4.79 Å². The fraction of sp³-hybridized carbons (Fsp3) is 0.941. The average molecular weight is 326 g/mol. The molecule has 2 atom stereocenters. The van der Waals surface area contributed by atoms with Gasteiger partial charge in [0.05, 0.1) is 12.0 Å². The zero-order chi connectivity index (χ0) is 15.4. The zero-order valence-corrected chi connectivity index (χ0v) is 14.8. The lowest BCUT2D eigenvalue weighted by Crippen LogP contribution is -2.51. The maximum atomic E-state index is 13.1. The van der Waals surface area contributed by atoms with E-state index in [4.69, 9.17) is 0 Å². The van der Waals surface area contributed by atoms with E-state index in [9.17, 15) is 4.79 Å².